The molecule has 3 amide bonds. The number of carbonyl (C=O) groups is 2. The van der Waals surface area contributed by atoms with Crippen LogP contribution in [0.1, 0.15) is 11.1 Å². The molecule has 31 heavy (non-hydrogen) atoms. The van der Waals surface area contributed by atoms with Gasteiger partial charge in [-0.3, -0.25) is 9.69 Å². The van der Waals surface area contributed by atoms with Crippen molar-refractivity contribution in [3.8, 4) is 5.75 Å². The summed E-state index contributed by atoms with van der Waals surface area (Å²) in [6.45, 7) is 0.326. The van der Waals surface area contributed by atoms with E-state index < -0.39 is 12.1 Å². The van der Waals surface area contributed by atoms with Crippen LogP contribution in [0, 0.1) is 0 Å². The Balaban J connectivity index is 1.65. The van der Waals surface area contributed by atoms with Gasteiger partial charge in [0.05, 0.1) is 19.8 Å². The second-order valence-electron chi connectivity index (χ2n) is 7.10. The van der Waals surface area contributed by atoms with Crippen molar-refractivity contribution >= 4 is 41.5 Å². The fraction of sp³-hybridized carbons (Fsp3) is 0.190. The number of hydrazone groups is 1. The zero-order valence-corrected chi connectivity index (χ0v) is 17.6. The maximum Gasteiger partial charge on any atom is 0.421 e. The van der Waals surface area contributed by atoms with Gasteiger partial charge in [-0.15, -0.1) is 5.10 Å². The third kappa shape index (κ3) is 3.84. The average molecular weight is 439 g/mol. The molecule has 0 aromatic heterocycles. The van der Waals surface area contributed by atoms with E-state index in [1.807, 2.05) is 12.1 Å². The predicted octanol–water partition coefficient (Wildman–Crippen LogP) is 0.567. The minimum absolute atomic E-state index is 0.162. The van der Waals surface area contributed by atoms with Gasteiger partial charge < -0.3 is 5.11 Å². The summed E-state index contributed by atoms with van der Waals surface area (Å²) in [4.78, 5) is 29.4. The number of likely N-dealkylation sites (N-methyl/N-ethyl adjacent to an activating group) is 2. The first-order chi connectivity index (χ1) is 14.9. The van der Waals surface area contributed by atoms with Crippen LogP contribution in [0.3, 0.4) is 0 Å². The van der Waals surface area contributed by atoms with E-state index in [9.17, 15) is 14.7 Å². The number of urea groups is 1. The van der Waals surface area contributed by atoms with Crippen molar-refractivity contribution in [1.82, 2.24) is 24.8 Å². The molecule has 0 radical (unpaired) electrons. The van der Waals surface area contributed by atoms with E-state index in [2.05, 4.69) is 15.2 Å². The lowest BCUT2D eigenvalue weighted by atomic mass is 10.1. The lowest BCUT2D eigenvalue weighted by Gasteiger charge is -2.31. The lowest BCUT2D eigenvalue weighted by Crippen LogP contribution is -2.63. The number of imide groups is 1. The summed E-state index contributed by atoms with van der Waals surface area (Å²) in [5.74, 6) is 0.0490. The van der Waals surface area contributed by atoms with Gasteiger partial charge >= 0.3 is 17.8 Å². The molecule has 158 valence electrons. The standard InChI is InChI=1S/C21H19ClN6O3/c1-26-18-17(19(30)27(2)21(26)31)28(12-13-7-9-15(22)10-8-13)20(24-18)25-23-11-14-5-3-4-6-16(14)29/h3-11,17H,12H2,1-2H3,(H,23,29). The number of hydrogen-bond acceptors (Lipinski definition) is 6. The van der Waals surface area contributed by atoms with Gasteiger partial charge in [-0.05, 0) is 23.3 Å². The van der Waals surface area contributed by atoms with Gasteiger partial charge in [-0.25, -0.2) is 19.3 Å². The van der Waals surface area contributed by atoms with Gasteiger partial charge in [0, 0.05) is 12.1 Å². The number of nitrogens with zero attached hydrogens (tertiary/aromatic N) is 5. The highest BCUT2D eigenvalue weighted by molar-refractivity contribution is 6.30. The van der Waals surface area contributed by atoms with E-state index in [4.69, 9.17) is 11.6 Å². The largest absolute Gasteiger partial charge is 0.872 e. The summed E-state index contributed by atoms with van der Waals surface area (Å²) < 4.78 is 4.46. The number of nitrogens with one attached hydrogen (secondary N) is 1. The monoisotopic (exact) mass is 438 g/mol. The average Bonchev–Trinajstić information content (AvgIpc) is 3.12. The molecule has 0 aliphatic carbocycles. The minimum Gasteiger partial charge on any atom is -0.872 e. The molecule has 2 aromatic carbocycles. The van der Waals surface area contributed by atoms with E-state index in [0.29, 0.717) is 23.0 Å². The van der Waals surface area contributed by atoms with E-state index in [-0.39, 0.29) is 17.6 Å². The minimum atomic E-state index is -0.784. The molecule has 0 spiro atoms. The highest BCUT2D eigenvalue weighted by Gasteiger charge is 2.54. The topological polar surface area (TPSA) is 105 Å². The second kappa shape index (κ2) is 8.14. The molecular weight excluding hydrogens is 420 g/mol. The Kier molecular flexibility index (Phi) is 5.37. The molecule has 1 unspecified atom stereocenters. The van der Waals surface area contributed by atoms with Gasteiger partial charge in [0.1, 0.15) is 0 Å². The van der Waals surface area contributed by atoms with Crippen LogP contribution < -0.4 is 15.2 Å². The van der Waals surface area contributed by atoms with Crippen LogP contribution in [-0.4, -0.2) is 64.8 Å². The molecule has 2 aliphatic heterocycles. The van der Waals surface area contributed by atoms with Gasteiger partial charge in [0.2, 0.25) is 6.04 Å². The van der Waals surface area contributed by atoms with Crippen LogP contribution in [0.15, 0.2) is 53.6 Å². The quantitative estimate of drug-likeness (QED) is 0.427. The number of amides is 3. The summed E-state index contributed by atoms with van der Waals surface area (Å²) >= 11 is 5.98. The predicted molar refractivity (Wildman–Crippen MR) is 115 cm³/mol. The Hall–Kier alpha value is -3.81. The molecule has 1 saturated heterocycles. The molecule has 0 saturated carbocycles. The molecule has 1 N–H and O–H groups in total. The van der Waals surface area contributed by atoms with E-state index in [0.717, 1.165) is 10.5 Å². The third-order valence-electron chi connectivity index (χ3n) is 5.08. The van der Waals surface area contributed by atoms with Crippen molar-refractivity contribution < 1.29 is 14.7 Å². The Morgan fingerprint density at radius 2 is 1.84 bits per heavy atom. The summed E-state index contributed by atoms with van der Waals surface area (Å²) in [5.41, 5.74) is 4.12. The molecule has 2 aromatic rings. The number of hydrogen-bond donors (Lipinski definition) is 1. The van der Waals surface area contributed by atoms with Crippen molar-refractivity contribution in [3.05, 3.63) is 64.7 Å². The number of rotatable bonds is 4. The molecular formula is C21H19ClN6O3. The van der Waals surface area contributed by atoms with E-state index >= 15 is 0 Å². The second-order valence-corrected chi connectivity index (χ2v) is 7.53. The molecule has 2 heterocycles. The number of fused-ring (bicyclic) bond motifs is 1. The van der Waals surface area contributed by atoms with Crippen LogP contribution in [0.4, 0.5) is 4.79 Å². The first kappa shape index (κ1) is 20.5. The van der Waals surface area contributed by atoms with Gasteiger partial charge in [-0.1, -0.05) is 53.7 Å². The molecule has 4 rings (SSSR count). The lowest BCUT2D eigenvalue weighted by molar-refractivity contribution is -0.268. The smallest absolute Gasteiger partial charge is 0.421 e. The third-order valence-corrected chi connectivity index (χ3v) is 5.34. The number of para-hydroxylation sites is 1. The van der Waals surface area contributed by atoms with Gasteiger partial charge in [-0.2, -0.15) is 5.43 Å². The number of benzene rings is 2. The van der Waals surface area contributed by atoms with Crippen molar-refractivity contribution in [1.29, 1.82) is 0 Å². The fourth-order valence-corrected chi connectivity index (χ4v) is 3.51. The van der Waals surface area contributed by atoms with Crippen LogP contribution >= 0.6 is 11.6 Å². The van der Waals surface area contributed by atoms with Crippen LogP contribution in [0.25, 0.3) is 0 Å². The first-order valence-corrected chi connectivity index (χ1v) is 9.81. The van der Waals surface area contributed by atoms with E-state index in [1.54, 1.807) is 42.3 Å². The maximum absolute atomic E-state index is 12.9. The van der Waals surface area contributed by atoms with Crippen molar-refractivity contribution in [2.24, 2.45) is 5.10 Å². The zero-order valence-electron chi connectivity index (χ0n) is 16.8. The van der Waals surface area contributed by atoms with Crippen LogP contribution in [0.2, 0.25) is 5.02 Å². The summed E-state index contributed by atoms with van der Waals surface area (Å²) in [6, 6.07) is 12.5. The Morgan fingerprint density at radius 3 is 2.55 bits per heavy atom. The van der Waals surface area contributed by atoms with Gasteiger partial charge in [0.15, 0.2) is 0 Å². The highest BCUT2D eigenvalue weighted by Crippen LogP contribution is 2.21. The first-order valence-electron chi connectivity index (χ1n) is 9.44. The number of carbonyl (C=O) groups excluding carboxylic acids is 2. The summed E-state index contributed by atoms with van der Waals surface area (Å²) in [5, 5.41) is 16.6. The maximum atomic E-state index is 12.9. The van der Waals surface area contributed by atoms with Crippen molar-refractivity contribution in [3.63, 3.8) is 0 Å². The van der Waals surface area contributed by atoms with Gasteiger partial charge in [0.25, 0.3) is 5.91 Å². The van der Waals surface area contributed by atoms with Crippen LogP contribution in [-0.2, 0) is 11.3 Å². The van der Waals surface area contributed by atoms with Crippen molar-refractivity contribution in [2.75, 3.05) is 14.1 Å². The summed E-state index contributed by atoms with van der Waals surface area (Å²) in [6.07, 6.45) is 1.39. The Bertz CT molecular complexity index is 1140. The number of guanidine groups is 1. The normalized spacial score (nSPS) is 18.4. The van der Waals surface area contributed by atoms with Crippen LogP contribution in [0.5, 0.6) is 5.75 Å². The van der Waals surface area contributed by atoms with E-state index in [1.165, 1.54) is 24.2 Å². The Morgan fingerprint density at radius 1 is 1.13 bits per heavy atom. The van der Waals surface area contributed by atoms with Crippen molar-refractivity contribution in [2.45, 2.75) is 12.6 Å². The molecule has 1 fully saturated rings. The SMILES string of the molecule is CN1C(=O)C2C(=[N+]=C(N/N=C/c3ccccc3[O-])N2Cc2ccc(Cl)cc2)N(C)C1=O. The summed E-state index contributed by atoms with van der Waals surface area (Å²) in [7, 11) is 3.00. The number of amidine groups is 1. The molecule has 1 atom stereocenters. The highest BCUT2D eigenvalue weighted by atomic mass is 35.5. The molecule has 0 bridgehead atoms. The molecule has 2 aliphatic rings. The number of halogens is 1. The fourth-order valence-electron chi connectivity index (χ4n) is 3.39. The molecule has 9 nitrogen and oxygen atoms in total. The zero-order chi connectivity index (χ0) is 22.1. The Labute approximate surface area is 183 Å². The molecule has 10 heteroatoms.